The minimum absolute atomic E-state index is 0.0254. The number of aliphatic hydroxyl groups excluding tert-OH is 1. The maximum Gasteiger partial charge on any atom is 0.308 e. The average Bonchev–Trinajstić information content (AvgIpc) is 3.86. The summed E-state index contributed by atoms with van der Waals surface area (Å²) in [5, 5.41) is 20.9. The lowest BCUT2D eigenvalue weighted by Crippen LogP contribution is -2.49. The van der Waals surface area contributed by atoms with Gasteiger partial charge in [0.2, 0.25) is 17.7 Å². The molecule has 432 valence electrons. The normalized spacial score (nSPS) is 14.2. The third kappa shape index (κ3) is 28.7. The second-order valence-electron chi connectivity index (χ2n) is 21.7. The number of thiazole rings is 1. The van der Waals surface area contributed by atoms with E-state index in [0.29, 0.717) is 50.3 Å². The number of nitrogens with one attached hydrogen (secondary N) is 3. The van der Waals surface area contributed by atoms with Crippen molar-refractivity contribution in [1.82, 2.24) is 30.7 Å². The van der Waals surface area contributed by atoms with E-state index in [1.807, 2.05) is 95.6 Å². The first-order chi connectivity index (χ1) is 36.1. The van der Waals surface area contributed by atoms with Crippen molar-refractivity contribution in [1.29, 1.82) is 0 Å². The van der Waals surface area contributed by atoms with Gasteiger partial charge in [0.1, 0.15) is 23.4 Å². The van der Waals surface area contributed by atoms with E-state index in [9.17, 15) is 33.9 Å². The van der Waals surface area contributed by atoms with Crippen LogP contribution in [0.5, 0.6) is 0 Å². The standard InChI is InChI=1S/C57H96N6O12S/c1-13-16-28-62(12)36-50(66)59-35-51(67)63(27-14-2)47(40(4)5)33-48(71-29-15-3)55-61-46(39-76-55)54(69)60-44(32-43-22-18-17-19-23-43)31-42(8)56(70)72-30-21-26-58-49(65)24-20-25-52(68)73-38-53(74-41(6)7)75-45(37-64)34-57(9,10)11/h17-19,22-23,39-42,44-45,47-48,53,64H,13-16,20-21,24-38H2,1-12H3,(H,58,65)(H,59,66)(H,60,69)/t42-,44+,45?,47?,48+,53?/m0/s1. The van der Waals surface area contributed by atoms with E-state index in [1.54, 1.807) is 12.3 Å². The molecule has 0 spiro atoms. The highest BCUT2D eigenvalue weighted by Gasteiger charge is 2.32. The topological polar surface area (TPSA) is 224 Å². The molecule has 2 rings (SSSR count). The number of rotatable bonds is 40. The molecule has 3 unspecified atom stereocenters. The first-order valence-electron chi connectivity index (χ1n) is 27.8. The van der Waals surface area contributed by atoms with E-state index >= 15 is 0 Å². The van der Waals surface area contributed by atoms with E-state index < -0.39 is 42.4 Å². The number of nitrogens with zero attached hydrogens (tertiary/aromatic N) is 3. The fourth-order valence-electron chi connectivity index (χ4n) is 8.49. The summed E-state index contributed by atoms with van der Waals surface area (Å²) < 4.78 is 29.1. The van der Waals surface area contributed by atoms with Gasteiger partial charge in [-0.2, -0.15) is 0 Å². The Bertz CT molecular complexity index is 1980. The van der Waals surface area contributed by atoms with Crippen LogP contribution in [-0.2, 0) is 54.1 Å². The van der Waals surface area contributed by atoms with Gasteiger partial charge in [0.05, 0.1) is 44.4 Å². The number of amides is 4. The summed E-state index contributed by atoms with van der Waals surface area (Å²) in [5.41, 5.74) is 1.12. The molecule has 0 fully saturated rings. The Morgan fingerprint density at radius 2 is 1.54 bits per heavy atom. The number of esters is 2. The van der Waals surface area contributed by atoms with Gasteiger partial charge in [-0.15, -0.1) is 11.3 Å². The van der Waals surface area contributed by atoms with Crippen LogP contribution in [0, 0.1) is 17.3 Å². The van der Waals surface area contributed by atoms with Crippen LogP contribution in [0.2, 0.25) is 0 Å². The Balaban J connectivity index is 1.99. The summed E-state index contributed by atoms with van der Waals surface area (Å²) in [6.07, 6.45) is 4.11. The van der Waals surface area contributed by atoms with Crippen molar-refractivity contribution in [2.75, 3.05) is 66.2 Å². The predicted octanol–water partition coefficient (Wildman–Crippen LogP) is 7.81. The Hall–Kier alpha value is -4.53. The van der Waals surface area contributed by atoms with Gasteiger partial charge in [-0.1, -0.05) is 99.1 Å². The second kappa shape index (κ2) is 37.3. The molecule has 0 bridgehead atoms. The fraction of sp³-hybridized carbons (Fsp3) is 0.737. The molecule has 1 heterocycles. The van der Waals surface area contributed by atoms with E-state index in [-0.39, 0.29) is 112 Å². The van der Waals surface area contributed by atoms with E-state index in [0.717, 1.165) is 37.8 Å². The van der Waals surface area contributed by atoms with Crippen LogP contribution in [0.3, 0.4) is 0 Å². The Morgan fingerprint density at radius 1 is 0.816 bits per heavy atom. The lowest BCUT2D eigenvalue weighted by Gasteiger charge is -2.36. The molecular weight excluding hydrogens is 993 g/mol. The number of likely N-dealkylation sites (N-methyl/N-ethyl adjacent to an activating group) is 1. The highest BCUT2D eigenvalue weighted by Crippen LogP contribution is 2.31. The number of unbranched alkanes of at least 4 members (excludes halogenated alkanes) is 1. The first kappa shape index (κ1) is 67.6. The Morgan fingerprint density at radius 3 is 2.17 bits per heavy atom. The van der Waals surface area contributed by atoms with Crippen LogP contribution in [-0.4, -0.2) is 152 Å². The van der Waals surface area contributed by atoms with Crippen molar-refractivity contribution >= 4 is 46.9 Å². The number of carbonyl (C=O) groups excluding carboxylic acids is 6. The smallest absolute Gasteiger partial charge is 0.308 e. The molecule has 19 heteroatoms. The molecule has 76 heavy (non-hydrogen) atoms. The average molecular weight is 1090 g/mol. The molecule has 1 aromatic carbocycles. The third-order valence-electron chi connectivity index (χ3n) is 12.3. The summed E-state index contributed by atoms with van der Waals surface area (Å²) in [6, 6.07) is 9.03. The highest BCUT2D eigenvalue weighted by atomic mass is 32.1. The van der Waals surface area contributed by atoms with Gasteiger partial charge in [0, 0.05) is 56.4 Å². The molecule has 0 radical (unpaired) electrons. The van der Waals surface area contributed by atoms with Crippen LogP contribution in [0.15, 0.2) is 35.7 Å². The lowest BCUT2D eigenvalue weighted by molar-refractivity contribution is -0.220. The lowest BCUT2D eigenvalue weighted by atomic mass is 9.89. The zero-order valence-corrected chi connectivity index (χ0v) is 48.9. The molecule has 6 atom stereocenters. The minimum Gasteiger partial charge on any atom is -0.465 e. The van der Waals surface area contributed by atoms with Gasteiger partial charge in [0.15, 0.2) is 6.29 Å². The second-order valence-corrected chi connectivity index (χ2v) is 22.5. The van der Waals surface area contributed by atoms with Crippen molar-refractivity contribution in [3.63, 3.8) is 0 Å². The molecule has 18 nitrogen and oxygen atoms in total. The third-order valence-corrected chi connectivity index (χ3v) is 13.2. The number of benzene rings is 1. The Kier molecular flexibility index (Phi) is 33.2. The van der Waals surface area contributed by atoms with Gasteiger partial charge in [-0.05, 0) is 95.7 Å². The van der Waals surface area contributed by atoms with E-state index in [4.69, 9.17) is 28.7 Å². The van der Waals surface area contributed by atoms with Crippen LogP contribution < -0.4 is 16.0 Å². The van der Waals surface area contributed by atoms with Crippen LogP contribution >= 0.6 is 11.3 Å². The molecule has 4 amide bonds. The van der Waals surface area contributed by atoms with E-state index in [1.165, 1.54) is 11.3 Å². The SMILES string of the molecule is CCCCN(C)CC(=O)NCC(=O)N(CCC)C(C[C@@H](OCCC)c1nc(C(=O)N[C@@H](Cc2ccccc2)C[C@H](C)C(=O)OCCCNC(=O)CCCC(=O)OCC(OC(C)C)OC(CO)CC(C)(C)C)cs1)C(C)C. The molecule has 0 saturated carbocycles. The molecule has 1 aromatic heterocycles. The van der Waals surface area contributed by atoms with Crippen molar-refractivity contribution < 1.29 is 57.6 Å². The number of ether oxygens (including phenoxy) is 5. The summed E-state index contributed by atoms with van der Waals surface area (Å²) in [6.45, 7) is 23.8. The summed E-state index contributed by atoms with van der Waals surface area (Å²) in [4.78, 5) is 87.4. The molecule has 0 aliphatic rings. The number of hydrogen-bond donors (Lipinski definition) is 4. The van der Waals surface area contributed by atoms with Gasteiger partial charge in [-0.3, -0.25) is 33.7 Å². The summed E-state index contributed by atoms with van der Waals surface area (Å²) >= 11 is 1.33. The van der Waals surface area contributed by atoms with Crippen molar-refractivity contribution in [3.8, 4) is 0 Å². The van der Waals surface area contributed by atoms with Crippen molar-refractivity contribution in [2.24, 2.45) is 17.3 Å². The quantitative estimate of drug-likeness (QED) is 0.0284. The number of aromatic nitrogens is 1. The fourth-order valence-corrected chi connectivity index (χ4v) is 9.35. The molecular formula is C57H96N6O12S. The monoisotopic (exact) mass is 1090 g/mol. The largest absolute Gasteiger partial charge is 0.465 e. The van der Waals surface area contributed by atoms with Crippen molar-refractivity contribution in [2.45, 2.75) is 190 Å². The molecule has 0 aliphatic heterocycles. The van der Waals surface area contributed by atoms with Gasteiger partial charge < -0.3 is 49.6 Å². The van der Waals surface area contributed by atoms with E-state index in [2.05, 4.69) is 36.7 Å². The minimum atomic E-state index is -0.838. The highest BCUT2D eigenvalue weighted by molar-refractivity contribution is 7.09. The zero-order valence-electron chi connectivity index (χ0n) is 48.1. The first-order valence-corrected chi connectivity index (χ1v) is 28.6. The molecule has 0 aliphatic carbocycles. The summed E-state index contributed by atoms with van der Waals surface area (Å²) in [7, 11) is 1.90. The van der Waals surface area contributed by atoms with Crippen molar-refractivity contribution in [3.05, 3.63) is 52.0 Å². The predicted molar refractivity (Wildman–Crippen MR) is 296 cm³/mol. The van der Waals surface area contributed by atoms with Gasteiger partial charge >= 0.3 is 11.9 Å². The molecule has 2 aromatic rings. The van der Waals surface area contributed by atoms with Gasteiger partial charge in [-0.25, -0.2) is 4.98 Å². The number of carbonyl (C=O) groups is 6. The van der Waals surface area contributed by atoms with Crippen LogP contribution in [0.1, 0.15) is 174 Å². The number of aliphatic hydroxyl groups is 1. The Labute approximate surface area is 458 Å². The van der Waals surface area contributed by atoms with Gasteiger partial charge in [0.25, 0.3) is 5.91 Å². The molecule has 0 saturated heterocycles. The summed E-state index contributed by atoms with van der Waals surface area (Å²) in [5.74, 6) is -2.41. The maximum absolute atomic E-state index is 14.0. The molecule has 4 N–H and O–H groups in total. The number of hydrogen-bond acceptors (Lipinski definition) is 15. The maximum atomic E-state index is 14.0. The zero-order chi connectivity index (χ0) is 56.6. The van der Waals surface area contributed by atoms with Crippen LogP contribution in [0.4, 0.5) is 0 Å². The van der Waals surface area contributed by atoms with Crippen LogP contribution in [0.25, 0.3) is 0 Å².